The fourth-order valence-electron chi connectivity index (χ4n) is 3.42. The summed E-state index contributed by atoms with van der Waals surface area (Å²) in [5, 5.41) is 7.32. The van der Waals surface area contributed by atoms with Crippen LogP contribution in [0.25, 0.3) is 22.5 Å². The van der Waals surface area contributed by atoms with E-state index in [0.717, 1.165) is 11.1 Å². The average Bonchev–Trinajstić information content (AvgIpc) is 3.44. The van der Waals surface area contributed by atoms with Crippen molar-refractivity contribution in [3.8, 4) is 22.5 Å². The Morgan fingerprint density at radius 3 is 2.67 bits per heavy atom. The summed E-state index contributed by atoms with van der Waals surface area (Å²) >= 11 is 6.12. The Hall–Kier alpha value is -4.04. The van der Waals surface area contributed by atoms with Crippen LogP contribution in [0.4, 0.5) is 5.82 Å². The third-order valence-corrected chi connectivity index (χ3v) is 5.22. The van der Waals surface area contributed by atoms with E-state index in [0.29, 0.717) is 27.6 Å². The van der Waals surface area contributed by atoms with Gasteiger partial charge in [-0.3, -0.25) is 9.59 Å². The van der Waals surface area contributed by atoms with Crippen LogP contribution in [0, 0.1) is 0 Å². The molecule has 0 aliphatic rings. The first-order valence-electron chi connectivity index (χ1n) is 10.1. The lowest BCUT2D eigenvalue weighted by Crippen LogP contribution is -2.32. The Morgan fingerprint density at radius 1 is 1.15 bits per heavy atom. The maximum Gasteiger partial charge on any atom is 0.302 e. The smallest absolute Gasteiger partial charge is 0.302 e. The van der Waals surface area contributed by atoms with E-state index in [4.69, 9.17) is 26.6 Å². The monoisotopic (exact) mass is 464 g/mol. The van der Waals surface area contributed by atoms with Gasteiger partial charge in [-0.25, -0.2) is 0 Å². The number of nitrogens with zero attached hydrogens (tertiary/aromatic N) is 1. The zero-order valence-corrected chi connectivity index (χ0v) is 18.4. The molecule has 0 saturated heterocycles. The van der Waals surface area contributed by atoms with E-state index in [2.05, 4.69) is 15.5 Å². The number of anilines is 1. The minimum atomic E-state index is -0.516. The van der Waals surface area contributed by atoms with Crippen molar-refractivity contribution in [2.75, 3.05) is 12.3 Å². The summed E-state index contributed by atoms with van der Waals surface area (Å²) in [5.41, 5.74) is 9.06. The molecule has 2 heterocycles. The molecule has 4 N–H and O–H groups in total. The van der Waals surface area contributed by atoms with Crippen LogP contribution >= 0.6 is 11.6 Å². The van der Waals surface area contributed by atoms with Crippen molar-refractivity contribution >= 4 is 29.3 Å². The number of nitrogens with two attached hydrogens (primary N) is 1. The highest BCUT2D eigenvalue weighted by molar-refractivity contribution is 6.30. The first-order chi connectivity index (χ1) is 15.9. The second-order valence-corrected chi connectivity index (χ2v) is 7.76. The highest BCUT2D eigenvalue weighted by Crippen LogP contribution is 2.37. The van der Waals surface area contributed by atoms with E-state index in [-0.39, 0.29) is 18.3 Å². The summed E-state index contributed by atoms with van der Waals surface area (Å²) < 4.78 is 10.6. The van der Waals surface area contributed by atoms with E-state index in [1.807, 2.05) is 36.4 Å². The summed E-state index contributed by atoms with van der Waals surface area (Å²) in [7, 11) is 0. The van der Waals surface area contributed by atoms with Crippen LogP contribution in [0.2, 0.25) is 5.02 Å². The molecule has 4 rings (SSSR count). The van der Waals surface area contributed by atoms with Gasteiger partial charge in [-0.05, 0) is 29.3 Å². The number of carbonyl (C=O) groups excluding carboxylic acids is 2. The second-order valence-electron chi connectivity index (χ2n) is 7.32. The fraction of sp³-hybridized carbons (Fsp3) is 0.125. The van der Waals surface area contributed by atoms with Crippen molar-refractivity contribution < 1.29 is 18.8 Å². The van der Waals surface area contributed by atoms with E-state index in [9.17, 15) is 9.59 Å². The second kappa shape index (κ2) is 9.62. The van der Waals surface area contributed by atoms with Crippen LogP contribution in [-0.2, 0) is 9.53 Å². The number of ether oxygens (including phenoxy) is 1. The summed E-state index contributed by atoms with van der Waals surface area (Å²) in [6, 6.07) is 17.5. The average molecular weight is 465 g/mol. The Kier molecular flexibility index (Phi) is 6.46. The quantitative estimate of drug-likeness (QED) is 0.343. The third kappa shape index (κ3) is 5.07. The van der Waals surface area contributed by atoms with Crippen molar-refractivity contribution in [2.45, 2.75) is 13.0 Å². The van der Waals surface area contributed by atoms with E-state index >= 15 is 0 Å². The van der Waals surface area contributed by atoms with Crippen molar-refractivity contribution in [3.05, 3.63) is 83.1 Å². The third-order valence-electron chi connectivity index (χ3n) is 4.98. The molecule has 1 atom stereocenters. The number of amides is 1. The number of benzene rings is 2. The number of H-pyrrole nitrogens is 1. The molecule has 2 aromatic heterocycles. The zero-order chi connectivity index (χ0) is 23.4. The number of aromatic amines is 1. The number of hydrogen-bond acceptors (Lipinski definition) is 6. The minimum Gasteiger partial charge on any atom is -0.463 e. The molecule has 33 heavy (non-hydrogen) atoms. The number of rotatable bonds is 7. The van der Waals surface area contributed by atoms with Gasteiger partial charge in [0, 0.05) is 23.7 Å². The molecular weight excluding hydrogens is 444 g/mol. The molecule has 168 valence electrons. The number of carbonyl (C=O) groups is 2. The Labute approximate surface area is 194 Å². The molecular formula is C24H21ClN4O4. The topological polar surface area (TPSA) is 123 Å². The predicted octanol–water partition coefficient (Wildman–Crippen LogP) is 4.61. The van der Waals surface area contributed by atoms with Gasteiger partial charge in [0.1, 0.15) is 12.3 Å². The van der Waals surface area contributed by atoms with Crippen LogP contribution in [0.1, 0.15) is 29.0 Å². The standard InChI is InChI=1S/C24H21ClN4O4/c1-14(30)32-13-20(15-6-3-2-4-7-15)28-24(31)19-11-17(12-27-19)22-21(23(26)29-33-22)16-8-5-9-18(25)10-16/h2-12,20,27H,13H2,1H3,(H2,26,29)(H,28,31)/t20-/m0/s1. The van der Waals surface area contributed by atoms with Gasteiger partial charge in [0.2, 0.25) is 0 Å². The van der Waals surface area contributed by atoms with Crippen molar-refractivity contribution in [2.24, 2.45) is 0 Å². The van der Waals surface area contributed by atoms with Gasteiger partial charge in [0.25, 0.3) is 5.91 Å². The van der Waals surface area contributed by atoms with Gasteiger partial charge >= 0.3 is 5.97 Å². The fourth-order valence-corrected chi connectivity index (χ4v) is 3.61. The summed E-state index contributed by atoms with van der Waals surface area (Å²) in [6.45, 7) is 1.33. The Balaban J connectivity index is 1.58. The first kappa shape index (κ1) is 22.2. The molecule has 8 nitrogen and oxygen atoms in total. The molecule has 0 bridgehead atoms. The molecule has 0 unspecified atom stereocenters. The number of nitrogen functional groups attached to an aromatic ring is 1. The summed E-state index contributed by atoms with van der Waals surface area (Å²) in [5.74, 6) is -0.183. The number of esters is 1. The maximum absolute atomic E-state index is 13.0. The van der Waals surface area contributed by atoms with E-state index in [1.165, 1.54) is 6.92 Å². The number of aromatic nitrogens is 2. The predicted molar refractivity (Wildman–Crippen MR) is 124 cm³/mol. The molecule has 0 radical (unpaired) electrons. The number of nitrogens with one attached hydrogen (secondary N) is 2. The van der Waals surface area contributed by atoms with Crippen LogP contribution in [0.5, 0.6) is 0 Å². The van der Waals surface area contributed by atoms with Gasteiger partial charge < -0.3 is 25.3 Å². The van der Waals surface area contributed by atoms with Gasteiger partial charge in [-0.2, -0.15) is 0 Å². The number of halogens is 1. The van der Waals surface area contributed by atoms with Gasteiger partial charge in [-0.15, -0.1) is 0 Å². The lowest BCUT2D eigenvalue weighted by atomic mass is 10.0. The minimum absolute atomic E-state index is 0.0101. The van der Waals surface area contributed by atoms with E-state index in [1.54, 1.807) is 30.5 Å². The lowest BCUT2D eigenvalue weighted by molar-refractivity contribution is -0.141. The molecule has 1 amide bonds. The van der Waals surface area contributed by atoms with Crippen LogP contribution in [0.3, 0.4) is 0 Å². The lowest BCUT2D eigenvalue weighted by Gasteiger charge is -2.18. The Bertz CT molecular complexity index is 1280. The molecule has 0 aliphatic heterocycles. The first-order valence-corrected chi connectivity index (χ1v) is 10.5. The highest BCUT2D eigenvalue weighted by Gasteiger charge is 2.22. The molecule has 0 spiro atoms. The van der Waals surface area contributed by atoms with Crippen molar-refractivity contribution in [1.29, 1.82) is 0 Å². The van der Waals surface area contributed by atoms with Gasteiger partial charge in [0.15, 0.2) is 11.6 Å². The van der Waals surface area contributed by atoms with Gasteiger partial charge in [0.05, 0.1) is 11.6 Å². The van der Waals surface area contributed by atoms with Crippen LogP contribution in [0.15, 0.2) is 71.4 Å². The van der Waals surface area contributed by atoms with Gasteiger partial charge in [-0.1, -0.05) is 59.2 Å². The highest BCUT2D eigenvalue weighted by atomic mass is 35.5. The molecule has 0 aliphatic carbocycles. The largest absolute Gasteiger partial charge is 0.463 e. The SMILES string of the molecule is CC(=O)OC[C@H](NC(=O)c1cc(-c2onc(N)c2-c2cccc(Cl)c2)c[nH]1)c1ccccc1. The molecule has 0 saturated carbocycles. The van der Waals surface area contributed by atoms with Crippen molar-refractivity contribution in [3.63, 3.8) is 0 Å². The zero-order valence-electron chi connectivity index (χ0n) is 17.7. The molecule has 4 aromatic rings. The van der Waals surface area contributed by atoms with E-state index < -0.39 is 12.0 Å². The normalized spacial score (nSPS) is 11.7. The summed E-state index contributed by atoms with van der Waals surface area (Å²) in [4.78, 5) is 27.2. The number of hydrogen-bond donors (Lipinski definition) is 3. The summed E-state index contributed by atoms with van der Waals surface area (Å²) in [6.07, 6.45) is 1.63. The van der Waals surface area contributed by atoms with Crippen LogP contribution in [-0.4, -0.2) is 28.6 Å². The Morgan fingerprint density at radius 2 is 1.94 bits per heavy atom. The molecule has 9 heteroatoms. The molecule has 2 aromatic carbocycles. The van der Waals surface area contributed by atoms with Crippen molar-refractivity contribution in [1.82, 2.24) is 15.5 Å². The van der Waals surface area contributed by atoms with Crippen LogP contribution < -0.4 is 11.1 Å². The maximum atomic E-state index is 13.0. The molecule has 0 fully saturated rings.